The summed E-state index contributed by atoms with van der Waals surface area (Å²) in [5.41, 5.74) is -0.186. The zero-order chi connectivity index (χ0) is 14.1. The molecule has 5 nitrogen and oxygen atoms in total. The second kappa shape index (κ2) is 5.06. The maximum atomic E-state index is 12.0. The van der Waals surface area contributed by atoms with Crippen LogP contribution in [0.3, 0.4) is 0 Å². The van der Waals surface area contributed by atoms with Crippen LogP contribution in [0.15, 0.2) is 12.7 Å². The van der Waals surface area contributed by atoms with E-state index in [1.54, 1.807) is 20.2 Å². The lowest BCUT2D eigenvalue weighted by Gasteiger charge is -2.17. The van der Waals surface area contributed by atoms with Crippen LogP contribution in [0.4, 0.5) is 4.79 Å². The number of allylic oxidation sites excluding steroid dienone is 1. The third kappa shape index (κ3) is 2.69. The van der Waals surface area contributed by atoms with Gasteiger partial charge < -0.3 is 4.90 Å². The number of hydrogen-bond acceptors (Lipinski definition) is 3. The Balaban J connectivity index is 3.46. The molecule has 0 aliphatic heterocycles. The molecule has 0 saturated carbocycles. The summed E-state index contributed by atoms with van der Waals surface area (Å²) in [5, 5.41) is 4.36. The zero-order valence-corrected chi connectivity index (χ0v) is 12.4. The quantitative estimate of drug-likeness (QED) is 0.611. The highest BCUT2D eigenvalue weighted by Gasteiger charge is 2.25. The van der Waals surface area contributed by atoms with Gasteiger partial charge in [-0.05, 0) is 12.2 Å². The molecule has 0 atom stereocenters. The molecule has 100 valence electrons. The summed E-state index contributed by atoms with van der Waals surface area (Å²) in [6.45, 7) is 10.4. The van der Waals surface area contributed by atoms with E-state index in [9.17, 15) is 4.79 Å². The van der Waals surface area contributed by atoms with Crippen molar-refractivity contribution >= 4 is 18.2 Å². The normalized spacial score (nSPS) is 11.4. The molecule has 6 heteroatoms. The van der Waals surface area contributed by atoms with Crippen molar-refractivity contribution in [1.29, 1.82) is 0 Å². The highest BCUT2D eigenvalue weighted by molar-refractivity contribution is 7.71. The Bertz CT molecular complexity index is 519. The predicted molar refractivity (Wildman–Crippen MR) is 74.4 cm³/mol. The lowest BCUT2D eigenvalue weighted by Crippen LogP contribution is -2.28. The minimum Gasteiger partial charge on any atom is -0.329 e. The van der Waals surface area contributed by atoms with Gasteiger partial charge in [-0.15, -0.1) is 11.7 Å². The van der Waals surface area contributed by atoms with Gasteiger partial charge in [0.05, 0.1) is 0 Å². The van der Waals surface area contributed by atoms with E-state index in [0.717, 1.165) is 5.82 Å². The fraction of sp³-hybridized carbons (Fsp3) is 0.583. The van der Waals surface area contributed by atoms with Gasteiger partial charge in [-0.25, -0.2) is 4.79 Å². The number of aromatic nitrogens is 3. The lowest BCUT2D eigenvalue weighted by atomic mass is 9.96. The second-order valence-electron chi connectivity index (χ2n) is 5.34. The first-order valence-electron chi connectivity index (χ1n) is 5.73. The van der Waals surface area contributed by atoms with Crippen LogP contribution in [0.1, 0.15) is 26.6 Å². The number of rotatable bonds is 2. The van der Waals surface area contributed by atoms with Crippen molar-refractivity contribution in [2.45, 2.75) is 32.7 Å². The van der Waals surface area contributed by atoms with Crippen molar-refractivity contribution in [3.63, 3.8) is 0 Å². The SMILES string of the molecule is C=CCn1c(C(C)(C)C)nn(C(=O)N(C)C)c1=S. The Morgan fingerprint density at radius 3 is 2.44 bits per heavy atom. The van der Waals surface area contributed by atoms with Crippen LogP contribution in [-0.2, 0) is 12.0 Å². The molecule has 18 heavy (non-hydrogen) atoms. The summed E-state index contributed by atoms with van der Waals surface area (Å²) in [6, 6.07) is -0.242. The first-order valence-corrected chi connectivity index (χ1v) is 6.14. The Morgan fingerprint density at radius 1 is 1.50 bits per heavy atom. The maximum Gasteiger partial charge on any atom is 0.346 e. The van der Waals surface area contributed by atoms with Crippen molar-refractivity contribution in [2.75, 3.05) is 14.1 Å². The van der Waals surface area contributed by atoms with E-state index >= 15 is 0 Å². The molecular formula is C12H20N4OS. The fourth-order valence-electron chi connectivity index (χ4n) is 1.56. The third-order valence-corrected chi connectivity index (χ3v) is 2.80. The van der Waals surface area contributed by atoms with Gasteiger partial charge in [-0.1, -0.05) is 26.8 Å². The standard InChI is InChI=1S/C12H20N4OS/c1-7-8-15-9(12(2,3)4)13-16(11(15)18)10(17)14(5)6/h7H,1,8H2,2-6H3. The molecule has 0 bridgehead atoms. The van der Waals surface area contributed by atoms with E-state index in [0.29, 0.717) is 11.3 Å². The predicted octanol–water partition coefficient (Wildman–Crippen LogP) is 2.43. The van der Waals surface area contributed by atoms with Crippen LogP contribution in [0.5, 0.6) is 0 Å². The van der Waals surface area contributed by atoms with E-state index in [1.165, 1.54) is 9.58 Å². The van der Waals surface area contributed by atoms with Gasteiger partial charge in [0.1, 0.15) is 5.82 Å². The molecule has 1 aromatic rings. The number of carbonyl (C=O) groups is 1. The summed E-state index contributed by atoms with van der Waals surface area (Å²) in [4.78, 5) is 13.4. The average Bonchev–Trinajstić information content (AvgIpc) is 2.56. The van der Waals surface area contributed by atoms with Gasteiger partial charge in [0, 0.05) is 26.1 Å². The van der Waals surface area contributed by atoms with Gasteiger partial charge in [0.25, 0.3) is 0 Å². The largest absolute Gasteiger partial charge is 0.346 e. The molecule has 1 heterocycles. The van der Waals surface area contributed by atoms with Crippen molar-refractivity contribution in [2.24, 2.45) is 0 Å². The number of hydrogen-bond donors (Lipinski definition) is 0. The van der Waals surface area contributed by atoms with Gasteiger partial charge in [0.2, 0.25) is 4.77 Å². The molecule has 1 rings (SSSR count). The van der Waals surface area contributed by atoms with Crippen LogP contribution in [0.25, 0.3) is 0 Å². The minimum atomic E-state index is -0.242. The van der Waals surface area contributed by atoms with E-state index < -0.39 is 0 Å². The zero-order valence-electron chi connectivity index (χ0n) is 11.6. The first kappa shape index (κ1) is 14.6. The Kier molecular flexibility index (Phi) is 4.11. The van der Waals surface area contributed by atoms with E-state index in [2.05, 4.69) is 11.7 Å². The van der Waals surface area contributed by atoms with Crippen LogP contribution in [0.2, 0.25) is 0 Å². The molecule has 0 aromatic carbocycles. The van der Waals surface area contributed by atoms with Crippen LogP contribution in [0, 0.1) is 4.77 Å². The van der Waals surface area contributed by atoms with Crippen molar-refractivity contribution < 1.29 is 4.79 Å². The molecule has 0 spiro atoms. The van der Waals surface area contributed by atoms with Crippen molar-refractivity contribution in [1.82, 2.24) is 19.2 Å². The maximum absolute atomic E-state index is 12.0. The van der Waals surface area contributed by atoms with Crippen molar-refractivity contribution in [3.05, 3.63) is 23.3 Å². The molecule has 1 amide bonds. The smallest absolute Gasteiger partial charge is 0.329 e. The lowest BCUT2D eigenvalue weighted by molar-refractivity contribution is 0.215. The molecule has 0 aliphatic rings. The molecule has 0 fully saturated rings. The Labute approximate surface area is 113 Å². The monoisotopic (exact) mass is 268 g/mol. The molecule has 0 unspecified atom stereocenters. The van der Waals surface area contributed by atoms with Gasteiger partial charge in [-0.2, -0.15) is 4.68 Å². The van der Waals surface area contributed by atoms with Gasteiger partial charge in [-0.3, -0.25) is 4.57 Å². The van der Waals surface area contributed by atoms with Crippen LogP contribution < -0.4 is 0 Å². The highest BCUT2D eigenvalue weighted by atomic mass is 32.1. The molecule has 0 N–H and O–H groups in total. The summed E-state index contributed by atoms with van der Waals surface area (Å²) in [6.07, 6.45) is 1.75. The number of carbonyl (C=O) groups excluding carboxylic acids is 1. The summed E-state index contributed by atoms with van der Waals surface area (Å²) < 4.78 is 3.50. The minimum absolute atomic E-state index is 0.186. The fourth-order valence-corrected chi connectivity index (χ4v) is 1.84. The topological polar surface area (TPSA) is 43.1 Å². The second-order valence-corrected chi connectivity index (χ2v) is 5.71. The molecular weight excluding hydrogens is 248 g/mol. The number of nitrogens with zero attached hydrogens (tertiary/aromatic N) is 4. The Hall–Kier alpha value is -1.43. The molecule has 0 saturated heterocycles. The Morgan fingerprint density at radius 2 is 2.06 bits per heavy atom. The molecule has 0 radical (unpaired) electrons. The van der Waals surface area contributed by atoms with Gasteiger partial charge >= 0.3 is 6.03 Å². The first-order chi connectivity index (χ1) is 8.20. The van der Waals surface area contributed by atoms with E-state index in [-0.39, 0.29) is 11.4 Å². The summed E-state index contributed by atoms with van der Waals surface area (Å²) >= 11 is 5.31. The van der Waals surface area contributed by atoms with E-state index in [1.807, 2.05) is 25.3 Å². The van der Waals surface area contributed by atoms with E-state index in [4.69, 9.17) is 12.2 Å². The highest BCUT2D eigenvalue weighted by Crippen LogP contribution is 2.21. The third-order valence-electron chi connectivity index (χ3n) is 2.41. The molecule has 0 aliphatic carbocycles. The number of amides is 1. The van der Waals surface area contributed by atoms with Gasteiger partial charge in [0.15, 0.2) is 0 Å². The van der Waals surface area contributed by atoms with Crippen LogP contribution >= 0.6 is 12.2 Å². The summed E-state index contributed by atoms with van der Waals surface area (Å²) in [5.74, 6) is 0.780. The average molecular weight is 268 g/mol. The molecule has 1 aromatic heterocycles. The summed E-state index contributed by atoms with van der Waals surface area (Å²) in [7, 11) is 3.35. The van der Waals surface area contributed by atoms with Crippen molar-refractivity contribution in [3.8, 4) is 0 Å². The van der Waals surface area contributed by atoms with Crippen LogP contribution in [-0.4, -0.2) is 39.4 Å².